The van der Waals surface area contributed by atoms with Gasteiger partial charge in [-0.25, -0.2) is 4.98 Å². The summed E-state index contributed by atoms with van der Waals surface area (Å²) in [7, 11) is 0. The molecule has 1 rings (SSSR count). The van der Waals surface area contributed by atoms with E-state index in [9.17, 15) is 0 Å². The number of hydrogen-bond acceptors (Lipinski definition) is 3. The SMILES string of the molecule is CCCCOCCOc1ccc(Br)c(C)n1. The van der Waals surface area contributed by atoms with Crippen molar-refractivity contribution in [2.24, 2.45) is 0 Å². The molecule has 0 saturated heterocycles. The molecule has 0 aliphatic heterocycles. The minimum Gasteiger partial charge on any atom is -0.475 e. The maximum Gasteiger partial charge on any atom is 0.213 e. The van der Waals surface area contributed by atoms with E-state index in [1.807, 2.05) is 19.1 Å². The molecule has 0 aromatic carbocycles. The largest absolute Gasteiger partial charge is 0.475 e. The standard InChI is InChI=1S/C12H18BrNO2/c1-3-4-7-15-8-9-16-12-6-5-11(13)10(2)14-12/h5-6H,3-4,7-9H2,1-2H3. The first-order chi connectivity index (χ1) is 7.74. The zero-order valence-corrected chi connectivity index (χ0v) is 11.4. The molecule has 90 valence electrons. The van der Waals surface area contributed by atoms with E-state index in [-0.39, 0.29) is 0 Å². The third kappa shape index (κ3) is 4.94. The average Bonchev–Trinajstić information content (AvgIpc) is 2.28. The lowest BCUT2D eigenvalue weighted by Gasteiger charge is -2.07. The molecule has 0 spiro atoms. The van der Waals surface area contributed by atoms with Crippen molar-refractivity contribution >= 4 is 15.9 Å². The van der Waals surface area contributed by atoms with E-state index in [4.69, 9.17) is 9.47 Å². The van der Waals surface area contributed by atoms with Gasteiger partial charge in [0.1, 0.15) is 6.61 Å². The van der Waals surface area contributed by atoms with E-state index >= 15 is 0 Å². The number of rotatable bonds is 7. The number of nitrogens with zero attached hydrogens (tertiary/aromatic N) is 1. The second-order valence-electron chi connectivity index (χ2n) is 3.53. The molecule has 0 saturated carbocycles. The van der Waals surface area contributed by atoms with Gasteiger partial charge in [0.25, 0.3) is 0 Å². The highest BCUT2D eigenvalue weighted by atomic mass is 79.9. The third-order valence-corrected chi connectivity index (χ3v) is 2.95. The van der Waals surface area contributed by atoms with Crippen LogP contribution < -0.4 is 4.74 Å². The van der Waals surface area contributed by atoms with Crippen LogP contribution in [0.25, 0.3) is 0 Å². The molecule has 0 N–H and O–H groups in total. The Morgan fingerprint density at radius 2 is 2.06 bits per heavy atom. The highest BCUT2D eigenvalue weighted by molar-refractivity contribution is 9.10. The topological polar surface area (TPSA) is 31.4 Å². The van der Waals surface area contributed by atoms with Crippen molar-refractivity contribution in [2.45, 2.75) is 26.7 Å². The van der Waals surface area contributed by atoms with Crippen LogP contribution in [0.4, 0.5) is 0 Å². The summed E-state index contributed by atoms with van der Waals surface area (Å²) in [6.07, 6.45) is 2.27. The highest BCUT2D eigenvalue weighted by Crippen LogP contribution is 2.17. The fourth-order valence-corrected chi connectivity index (χ4v) is 1.38. The van der Waals surface area contributed by atoms with Gasteiger partial charge < -0.3 is 9.47 Å². The Bertz CT molecular complexity index is 318. The first-order valence-corrected chi connectivity index (χ1v) is 6.37. The summed E-state index contributed by atoms with van der Waals surface area (Å²) in [5.74, 6) is 0.653. The first kappa shape index (κ1) is 13.5. The Hall–Kier alpha value is -0.610. The Morgan fingerprint density at radius 1 is 1.25 bits per heavy atom. The van der Waals surface area contributed by atoms with Gasteiger partial charge in [0, 0.05) is 17.1 Å². The predicted octanol–water partition coefficient (Wildman–Crippen LogP) is 3.35. The molecule has 0 unspecified atom stereocenters. The maximum atomic E-state index is 5.47. The number of hydrogen-bond donors (Lipinski definition) is 0. The molecule has 1 aromatic rings. The lowest BCUT2D eigenvalue weighted by Crippen LogP contribution is -2.08. The van der Waals surface area contributed by atoms with Crippen LogP contribution in [0, 0.1) is 6.92 Å². The van der Waals surface area contributed by atoms with Gasteiger partial charge in [-0.1, -0.05) is 13.3 Å². The number of unbranched alkanes of at least 4 members (excludes halogenated alkanes) is 1. The Balaban J connectivity index is 2.19. The van der Waals surface area contributed by atoms with Gasteiger partial charge in [-0.05, 0) is 35.3 Å². The van der Waals surface area contributed by atoms with Crippen LogP contribution in [0.5, 0.6) is 5.88 Å². The molecule has 1 heterocycles. The van der Waals surface area contributed by atoms with Gasteiger partial charge in [0.15, 0.2) is 0 Å². The van der Waals surface area contributed by atoms with E-state index in [1.165, 1.54) is 0 Å². The summed E-state index contributed by atoms with van der Waals surface area (Å²) >= 11 is 3.40. The highest BCUT2D eigenvalue weighted by Gasteiger charge is 1.99. The fourth-order valence-electron chi connectivity index (χ4n) is 1.16. The maximum absolute atomic E-state index is 5.47. The molecule has 1 aromatic heterocycles. The molecule has 3 nitrogen and oxygen atoms in total. The van der Waals surface area contributed by atoms with Crippen LogP contribution in [0.15, 0.2) is 16.6 Å². The molecule has 0 fully saturated rings. The van der Waals surface area contributed by atoms with Crippen molar-refractivity contribution in [2.75, 3.05) is 19.8 Å². The van der Waals surface area contributed by atoms with Crippen LogP contribution >= 0.6 is 15.9 Å². The van der Waals surface area contributed by atoms with Gasteiger partial charge in [-0.2, -0.15) is 0 Å². The molecule has 4 heteroatoms. The van der Waals surface area contributed by atoms with Crippen molar-refractivity contribution in [3.05, 3.63) is 22.3 Å². The zero-order chi connectivity index (χ0) is 11.8. The van der Waals surface area contributed by atoms with Crippen LogP contribution in [-0.2, 0) is 4.74 Å². The second kappa shape index (κ2) is 7.63. The first-order valence-electron chi connectivity index (χ1n) is 5.57. The summed E-state index contributed by atoms with van der Waals surface area (Å²) in [6.45, 7) is 6.07. The van der Waals surface area contributed by atoms with Crippen molar-refractivity contribution in [3.8, 4) is 5.88 Å². The van der Waals surface area contributed by atoms with E-state index < -0.39 is 0 Å². The molecular weight excluding hydrogens is 270 g/mol. The predicted molar refractivity (Wildman–Crippen MR) is 67.9 cm³/mol. The minimum atomic E-state index is 0.553. The fraction of sp³-hybridized carbons (Fsp3) is 0.583. The molecular formula is C12H18BrNO2. The van der Waals surface area contributed by atoms with Gasteiger partial charge in [0.05, 0.1) is 12.3 Å². The number of aromatic nitrogens is 1. The van der Waals surface area contributed by atoms with E-state index in [0.29, 0.717) is 19.1 Å². The molecule has 0 amide bonds. The minimum absolute atomic E-state index is 0.553. The van der Waals surface area contributed by atoms with Crippen LogP contribution in [0.3, 0.4) is 0 Å². The van der Waals surface area contributed by atoms with Crippen molar-refractivity contribution in [3.63, 3.8) is 0 Å². The Labute approximate surface area is 105 Å². The van der Waals surface area contributed by atoms with Crippen LogP contribution in [-0.4, -0.2) is 24.8 Å². The third-order valence-electron chi connectivity index (χ3n) is 2.12. The van der Waals surface area contributed by atoms with Crippen molar-refractivity contribution in [1.82, 2.24) is 4.98 Å². The summed E-state index contributed by atoms with van der Waals surface area (Å²) < 4.78 is 11.9. The number of aryl methyl sites for hydroxylation is 1. The van der Waals surface area contributed by atoms with Crippen LogP contribution in [0.2, 0.25) is 0 Å². The number of pyridine rings is 1. The molecule has 0 aliphatic rings. The lowest BCUT2D eigenvalue weighted by atomic mass is 10.4. The summed E-state index contributed by atoms with van der Waals surface area (Å²) in [5, 5.41) is 0. The Kier molecular flexibility index (Phi) is 6.42. The summed E-state index contributed by atoms with van der Waals surface area (Å²) in [6, 6.07) is 3.79. The van der Waals surface area contributed by atoms with Crippen LogP contribution in [0.1, 0.15) is 25.5 Å². The molecule has 0 atom stereocenters. The molecule has 0 aliphatic carbocycles. The Morgan fingerprint density at radius 3 is 2.75 bits per heavy atom. The van der Waals surface area contributed by atoms with E-state index in [1.54, 1.807) is 0 Å². The van der Waals surface area contributed by atoms with E-state index in [2.05, 4.69) is 27.8 Å². The van der Waals surface area contributed by atoms with Gasteiger partial charge in [-0.15, -0.1) is 0 Å². The lowest BCUT2D eigenvalue weighted by molar-refractivity contribution is 0.0964. The number of halogens is 1. The zero-order valence-electron chi connectivity index (χ0n) is 9.83. The average molecular weight is 288 g/mol. The normalized spacial score (nSPS) is 10.4. The molecule has 0 radical (unpaired) electrons. The smallest absolute Gasteiger partial charge is 0.213 e. The molecule has 0 bridgehead atoms. The van der Waals surface area contributed by atoms with E-state index in [0.717, 1.165) is 29.6 Å². The second-order valence-corrected chi connectivity index (χ2v) is 4.39. The van der Waals surface area contributed by atoms with Crippen molar-refractivity contribution in [1.29, 1.82) is 0 Å². The quantitative estimate of drug-likeness (QED) is 0.721. The van der Waals surface area contributed by atoms with Gasteiger partial charge >= 0.3 is 0 Å². The molecule has 16 heavy (non-hydrogen) atoms. The summed E-state index contributed by atoms with van der Waals surface area (Å²) in [4.78, 5) is 4.28. The number of ether oxygens (including phenoxy) is 2. The van der Waals surface area contributed by atoms with Gasteiger partial charge in [-0.3, -0.25) is 0 Å². The van der Waals surface area contributed by atoms with Crippen molar-refractivity contribution < 1.29 is 9.47 Å². The monoisotopic (exact) mass is 287 g/mol. The summed E-state index contributed by atoms with van der Waals surface area (Å²) in [5.41, 5.74) is 0.935. The van der Waals surface area contributed by atoms with Gasteiger partial charge in [0.2, 0.25) is 5.88 Å².